The number of fused-ring (bicyclic) bond motifs is 1. The van der Waals surface area contributed by atoms with Gasteiger partial charge in [0.2, 0.25) is 0 Å². The quantitative estimate of drug-likeness (QED) is 0.393. The Hall–Kier alpha value is -2.55. The number of unbranched alkanes of at least 4 members (excludes halogenated alkanes) is 1. The summed E-state index contributed by atoms with van der Waals surface area (Å²) in [6.45, 7) is 5.70. The Morgan fingerprint density at radius 3 is 2.63 bits per heavy atom. The van der Waals surface area contributed by atoms with Gasteiger partial charge < -0.3 is 15.5 Å². The van der Waals surface area contributed by atoms with Crippen molar-refractivity contribution in [2.45, 2.75) is 24.9 Å². The highest BCUT2D eigenvalue weighted by Gasteiger charge is 2.20. The third kappa shape index (κ3) is 4.08. The molecular weight excluding hydrogens is 360 g/mol. The number of aromatic nitrogens is 5. The summed E-state index contributed by atoms with van der Waals surface area (Å²) in [6.07, 6.45) is 5.96. The molecule has 4 rings (SSSR count). The van der Waals surface area contributed by atoms with Crippen LogP contribution in [0.4, 0.5) is 17.5 Å². The van der Waals surface area contributed by atoms with Crippen LogP contribution in [0.2, 0.25) is 0 Å². The molecule has 27 heavy (non-hydrogen) atoms. The van der Waals surface area contributed by atoms with E-state index in [9.17, 15) is 0 Å². The summed E-state index contributed by atoms with van der Waals surface area (Å²) in [7, 11) is 0. The van der Waals surface area contributed by atoms with Crippen molar-refractivity contribution in [3.05, 3.63) is 30.6 Å². The van der Waals surface area contributed by atoms with E-state index in [-0.39, 0.29) is 0 Å². The van der Waals surface area contributed by atoms with Gasteiger partial charge in [0.05, 0.1) is 0 Å². The summed E-state index contributed by atoms with van der Waals surface area (Å²) in [5.41, 5.74) is 6.87. The van der Waals surface area contributed by atoms with Gasteiger partial charge in [0.25, 0.3) is 0 Å². The first kappa shape index (κ1) is 17.8. The van der Waals surface area contributed by atoms with Crippen LogP contribution in [0.25, 0.3) is 5.65 Å². The summed E-state index contributed by atoms with van der Waals surface area (Å²) >= 11 is 1.68. The van der Waals surface area contributed by atoms with Crippen LogP contribution in [0, 0.1) is 0 Å². The van der Waals surface area contributed by atoms with Crippen molar-refractivity contribution in [3.63, 3.8) is 0 Å². The summed E-state index contributed by atoms with van der Waals surface area (Å²) in [5, 5.41) is 5.41. The third-order valence-electron chi connectivity index (χ3n) is 4.61. The van der Waals surface area contributed by atoms with Gasteiger partial charge >= 0.3 is 0 Å². The molecule has 0 amide bonds. The van der Waals surface area contributed by atoms with E-state index in [1.165, 1.54) is 6.42 Å². The molecule has 0 aromatic carbocycles. The second-order valence-corrected chi connectivity index (χ2v) is 7.59. The third-order valence-corrected chi connectivity index (χ3v) is 5.54. The Morgan fingerprint density at radius 2 is 1.85 bits per heavy atom. The molecule has 0 unspecified atom stereocenters. The molecule has 0 spiro atoms. The van der Waals surface area contributed by atoms with Gasteiger partial charge in [-0.25, -0.2) is 19.5 Å². The zero-order valence-corrected chi connectivity index (χ0v) is 16.3. The van der Waals surface area contributed by atoms with Crippen molar-refractivity contribution in [3.8, 4) is 0 Å². The smallest absolute Gasteiger partial charge is 0.191 e. The zero-order chi connectivity index (χ0) is 18.6. The van der Waals surface area contributed by atoms with E-state index in [2.05, 4.69) is 31.8 Å². The minimum atomic E-state index is 0.536. The minimum Gasteiger partial charge on any atom is -0.383 e. The second-order valence-electron chi connectivity index (χ2n) is 6.53. The van der Waals surface area contributed by atoms with E-state index in [1.54, 1.807) is 18.0 Å². The summed E-state index contributed by atoms with van der Waals surface area (Å²) < 4.78 is 1.81. The van der Waals surface area contributed by atoms with E-state index < -0.39 is 0 Å². The SMILES string of the molecule is CCCCSc1nc(N)cc(N2CCN(c3ccc4nccn4n3)CC2)n1. The van der Waals surface area contributed by atoms with E-state index in [1.807, 2.05) is 28.9 Å². The van der Waals surface area contributed by atoms with E-state index in [4.69, 9.17) is 10.7 Å². The molecule has 0 saturated carbocycles. The Balaban J connectivity index is 1.42. The van der Waals surface area contributed by atoms with Crippen molar-refractivity contribution in [1.82, 2.24) is 24.6 Å². The average Bonchev–Trinajstić information content (AvgIpc) is 3.16. The number of hydrogen-bond donors (Lipinski definition) is 1. The number of nitrogens with zero attached hydrogens (tertiary/aromatic N) is 7. The van der Waals surface area contributed by atoms with Crippen LogP contribution in [0.15, 0.2) is 35.7 Å². The predicted octanol–water partition coefficient (Wildman–Crippen LogP) is 2.32. The van der Waals surface area contributed by atoms with Crippen molar-refractivity contribution in [2.24, 2.45) is 0 Å². The fourth-order valence-electron chi connectivity index (χ4n) is 3.10. The minimum absolute atomic E-state index is 0.536. The van der Waals surface area contributed by atoms with Crippen molar-refractivity contribution < 1.29 is 0 Å². The first-order valence-corrected chi connectivity index (χ1v) is 10.3. The van der Waals surface area contributed by atoms with Gasteiger partial charge in [-0.2, -0.15) is 0 Å². The van der Waals surface area contributed by atoms with Crippen LogP contribution in [0.3, 0.4) is 0 Å². The molecule has 2 N–H and O–H groups in total. The van der Waals surface area contributed by atoms with Gasteiger partial charge in [-0.05, 0) is 18.6 Å². The molecule has 3 aromatic rings. The van der Waals surface area contributed by atoms with Gasteiger partial charge in [-0.15, -0.1) is 5.10 Å². The van der Waals surface area contributed by atoms with Crippen LogP contribution >= 0.6 is 11.8 Å². The Kier molecular flexibility index (Phi) is 5.28. The molecule has 4 heterocycles. The summed E-state index contributed by atoms with van der Waals surface area (Å²) in [5.74, 6) is 3.45. The van der Waals surface area contributed by atoms with E-state index in [0.717, 1.165) is 60.8 Å². The van der Waals surface area contributed by atoms with E-state index in [0.29, 0.717) is 5.82 Å². The highest BCUT2D eigenvalue weighted by Crippen LogP contribution is 2.23. The number of nitrogens with two attached hydrogens (primary N) is 1. The van der Waals surface area contributed by atoms with Crippen LogP contribution in [0.1, 0.15) is 19.8 Å². The van der Waals surface area contributed by atoms with E-state index >= 15 is 0 Å². The lowest BCUT2D eigenvalue weighted by Crippen LogP contribution is -2.47. The molecule has 142 valence electrons. The van der Waals surface area contributed by atoms with Crippen molar-refractivity contribution >= 4 is 34.9 Å². The summed E-state index contributed by atoms with van der Waals surface area (Å²) in [4.78, 5) is 17.9. The molecule has 1 saturated heterocycles. The zero-order valence-electron chi connectivity index (χ0n) is 15.5. The number of piperazine rings is 1. The molecule has 1 aliphatic rings. The molecule has 1 aliphatic heterocycles. The number of hydrogen-bond acceptors (Lipinski definition) is 8. The molecule has 0 atom stereocenters. The number of rotatable bonds is 6. The number of anilines is 3. The van der Waals surface area contributed by atoms with Crippen molar-refractivity contribution in [1.29, 1.82) is 0 Å². The average molecular weight is 385 g/mol. The lowest BCUT2D eigenvalue weighted by molar-refractivity contribution is 0.633. The standard InChI is InChI=1S/C18H24N8S/c1-2-3-12-27-18-21-14(19)13-17(22-18)25-10-8-24(9-11-25)16-5-4-15-20-6-7-26(15)23-16/h4-7,13H,2-3,8-12H2,1H3,(H2,19,21,22). The van der Waals surface area contributed by atoms with Crippen molar-refractivity contribution in [2.75, 3.05) is 47.5 Å². The lowest BCUT2D eigenvalue weighted by atomic mass is 10.3. The van der Waals surface area contributed by atoms with Gasteiger partial charge in [0.15, 0.2) is 10.8 Å². The molecule has 8 nitrogen and oxygen atoms in total. The summed E-state index contributed by atoms with van der Waals surface area (Å²) in [6, 6.07) is 5.90. The van der Waals surface area contributed by atoms with Crippen LogP contribution in [-0.2, 0) is 0 Å². The number of thioether (sulfide) groups is 1. The number of nitrogen functional groups attached to an aromatic ring is 1. The lowest BCUT2D eigenvalue weighted by Gasteiger charge is -2.36. The molecule has 9 heteroatoms. The van der Waals surface area contributed by atoms with Gasteiger partial charge in [0.1, 0.15) is 17.5 Å². The fourth-order valence-corrected chi connectivity index (χ4v) is 4.05. The molecule has 3 aromatic heterocycles. The van der Waals surface area contributed by atoms with Crippen LogP contribution in [0.5, 0.6) is 0 Å². The second kappa shape index (κ2) is 7.99. The number of imidazole rings is 1. The highest BCUT2D eigenvalue weighted by molar-refractivity contribution is 7.99. The fraction of sp³-hybridized carbons (Fsp3) is 0.444. The molecule has 0 bridgehead atoms. The monoisotopic (exact) mass is 384 g/mol. The van der Waals surface area contributed by atoms with Gasteiger partial charge in [-0.1, -0.05) is 25.1 Å². The predicted molar refractivity (Wildman–Crippen MR) is 109 cm³/mol. The molecule has 0 radical (unpaired) electrons. The Morgan fingerprint density at radius 1 is 1.07 bits per heavy atom. The molecule has 0 aliphatic carbocycles. The maximum Gasteiger partial charge on any atom is 0.191 e. The normalized spacial score (nSPS) is 14.9. The Bertz CT molecular complexity index is 903. The first-order chi connectivity index (χ1) is 13.2. The highest BCUT2D eigenvalue weighted by atomic mass is 32.2. The van der Waals surface area contributed by atoms with Gasteiger partial charge in [0, 0.05) is 50.4 Å². The first-order valence-electron chi connectivity index (χ1n) is 9.30. The Labute approximate surface area is 162 Å². The van der Waals surface area contributed by atoms with Crippen LogP contribution < -0.4 is 15.5 Å². The largest absolute Gasteiger partial charge is 0.383 e. The molecule has 1 fully saturated rings. The maximum absolute atomic E-state index is 6.01. The maximum atomic E-state index is 6.01. The van der Waals surface area contributed by atoms with Crippen LogP contribution in [-0.4, -0.2) is 56.5 Å². The topological polar surface area (TPSA) is 88.5 Å². The molecular formula is C18H24N8S. The van der Waals surface area contributed by atoms with Gasteiger partial charge in [-0.3, -0.25) is 0 Å².